The lowest BCUT2D eigenvalue weighted by Gasteiger charge is -2.32. The number of amidine groups is 1. The Balaban J connectivity index is 2.13. The van der Waals surface area contributed by atoms with E-state index in [2.05, 4.69) is 10.3 Å². The zero-order chi connectivity index (χ0) is 14.0. The van der Waals surface area contributed by atoms with E-state index in [1.807, 2.05) is 0 Å². The monoisotopic (exact) mass is 267 g/mol. The number of aryl methyl sites for hydroxylation is 2. The summed E-state index contributed by atoms with van der Waals surface area (Å²) in [7, 11) is 1.77. The van der Waals surface area contributed by atoms with Crippen molar-refractivity contribution in [2.24, 2.45) is 17.9 Å². The van der Waals surface area contributed by atoms with Crippen molar-refractivity contribution in [3.8, 4) is 0 Å². The van der Waals surface area contributed by atoms with Crippen molar-refractivity contribution < 1.29 is 14.7 Å². The molecule has 8 nitrogen and oxygen atoms in total. The minimum atomic E-state index is -0.570. The van der Waals surface area contributed by atoms with E-state index in [0.717, 1.165) is 0 Å². The molecule has 3 N–H and O–H groups in total. The second kappa shape index (κ2) is 5.27. The summed E-state index contributed by atoms with van der Waals surface area (Å²) in [5.41, 5.74) is 6.74. The molecule has 0 saturated carbocycles. The van der Waals surface area contributed by atoms with Gasteiger partial charge >= 0.3 is 0 Å². The van der Waals surface area contributed by atoms with Gasteiger partial charge in [-0.15, -0.1) is 0 Å². The van der Waals surface area contributed by atoms with E-state index in [4.69, 9.17) is 15.7 Å². The van der Waals surface area contributed by atoms with Crippen LogP contribution < -0.4 is 5.73 Å². The second-order valence-electron chi connectivity index (χ2n) is 4.44. The standard InChI is InChI=1S/C11H17N5O3/c1-7-8(5-15(2)13-7)11(17)16-3-4-19-9(6-16)10(12)14-18/h5,9,18H,3-4,6H2,1-2H3,(H2,12,14). The lowest BCUT2D eigenvalue weighted by Crippen LogP contribution is -2.50. The first kappa shape index (κ1) is 13.3. The highest BCUT2D eigenvalue weighted by Gasteiger charge is 2.29. The fraction of sp³-hybridized carbons (Fsp3) is 0.545. The minimum absolute atomic E-state index is 0.0274. The molecule has 1 atom stereocenters. The molecule has 19 heavy (non-hydrogen) atoms. The smallest absolute Gasteiger partial charge is 0.257 e. The van der Waals surface area contributed by atoms with Gasteiger partial charge in [0.2, 0.25) is 0 Å². The van der Waals surface area contributed by atoms with Crippen LogP contribution in [0, 0.1) is 6.92 Å². The zero-order valence-electron chi connectivity index (χ0n) is 10.9. The van der Waals surface area contributed by atoms with Gasteiger partial charge in [0.15, 0.2) is 5.84 Å². The van der Waals surface area contributed by atoms with E-state index in [9.17, 15) is 4.79 Å². The maximum Gasteiger partial charge on any atom is 0.257 e. The van der Waals surface area contributed by atoms with Crippen molar-refractivity contribution in [1.82, 2.24) is 14.7 Å². The molecule has 1 aromatic rings. The van der Waals surface area contributed by atoms with Gasteiger partial charge in [0.1, 0.15) is 6.10 Å². The SMILES string of the molecule is Cc1nn(C)cc1C(=O)N1CCOC(/C(N)=N/O)C1. The lowest BCUT2D eigenvalue weighted by atomic mass is 10.2. The third-order valence-electron chi connectivity index (χ3n) is 3.04. The molecule has 0 bridgehead atoms. The Morgan fingerprint density at radius 2 is 2.42 bits per heavy atom. The van der Waals surface area contributed by atoms with Crippen LogP contribution in [0.2, 0.25) is 0 Å². The molecule has 1 amide bonds. The summed E-state index contributed by atoms with van der Waals surface area (Å²) >= 11 is 0. The number of hydrogen-bond donors (Lipinski definition) is 2. The number of aromatic nitrogens is 2. The molecule has 1 aliphatic heterocycles. The van der Waals surface area contributed by atoms with Crippen molar-refractivity contribution in [3.63, 3.8) is 0 Å². The number of hydrogen-bond acceptors (Lipinski definition) is 5. The molecule has 0 radical (unpaired) electrons. The summed E-state index contributed by atoms with van der Waals surface area (Å²) in [6.07, 6.45) is 1.12. The van der Waals surface area contributed by atoms with Gasteiger partial charge in [0.05, 0.1) is 24.4 Å². The normalized spacial score (nSPS) is 20.6. The molecule has 8 heteroatoms. The third kappa shape index (κ3) is 2.68. The summed E-state index contributed by atoms with van der Waals surface area (Å²) < 4.78 is 6.95. The fourth-order valence-corrected chi connectivity index (χ4v) is 2.06. The van der Waals surface area contributed by atoms with Crippen molar-refractivity contribution in [1.29, 1.82) is 0 Å². The number of oxime groups is 1. The maximum absolute atomic E-state index is 12.4. The fourth-order valence-electron chi connectivity index (χ4n) is 2.06. The Morgan fingerprint density at radius 1 is 1.68 bits per heavy atom. The van der Waals surface area contributed by atoms with E-state index in [0.29, 0.717) is 24.4 Å². The first-order valence-electron chi connectivity index (χ1n) is 5.91. The Labute approximate surface area is 110 Å². The molecule has 1 aromatic heterocycles. The van der Waals surface area contributed by atoms with Crippen LogP contribution in [-0.2, 0) is 11.8 Å². The van der Waals surface area contributed by atoms with E-state index in [1.54, 1.807) is 29.7 Å². The summed E-state index contributed by atoms with van der Waals surface area (Å²) in [6, 6.07) is 0. The first-order chi connectivity index (χ1) is 9.02. The number of ether oxygens (including phenoxy) is 1. The van der Waals surface area contributed by atoms with Gasteiger partial charge in [-0.3, -0.25) is 9.48 Å². The average Bonchev–Trinajstić information content (AvgIpc) is 2.76. The van der Waals surface area contributed by atoms with Crippen LogP contribution in [0.4, 0.5) is 0 Å². The van der Waals surface area contributed by atoms with Crippen LogP contribution in [-0.4, -0.2) is 57.4 Å². The predicted octanol–water partition coefficient (Wildman–Crippen LogP) is -0.684. The quantitative estimate of drug-likeness (QED) is 0.319. The summed E-state index contributed by atoms with van der Waals surface area (Å²) in [5.74, 6) is -0.148. The van der Waals surface area contributed by atoms with Crippen LogP contribution in [0.3, 0.4) is 0 Å². The molecule has 1 unspecified atom stereocenters. The molecule has 0 aliphatic carbocycles. The van der Waals surface area contributed by atoms with Crippen molar-refractivity contribution in [2.75, 3.05) is 19.7 Å². The Kier molecular flexibility index (Phi) is 3.70. The van der Waals surface area contributed by atoms with Crippen LogP contribution in [0.1, 0.15) is 16.1 Å². The maximum atomic E-state index is 12.4. The number of nitrogens with two attached hydrogens (primary N) is 1. The molecule has 2 heterocycles. The van der Waals surface area contributed by atoms with Gasteiger partial charge in [0, 0.05) is 19.8 Å². The molecule has 1 aliphatic rings. The number of carbonyl (C=O) groups excluding carboxylic acids is 1. The summed E-state index contributed by atoms with van der Waals surface area (Å²) in [5, 5.41) is 15.7. The van der Waals surface area contributed by atoms with Crippen LogP contribution >= 0.6 is 0 Å². The Morgan fingerprint density at radius 3 is 3.00 bits per heavy atom. The van der Waals surface area contributed by atoms with Gasteiger partial charge in [-0.25, -0.2) is 0 Å². The minimum Gasteiger partial charge on any atom is -0.409 e. The largest absolute Gasteiger partial charge is 0.409 e. The van der Waals surface area contributed by atoms with Gasteiger partial charge in [0.25, 0.3) is 5.91 Å². The number of carbonyl (C=O) groups is 1. The topological polar surface area (TPSA) is 106 Å². The molecule has 1 fully saturated rings. The summed E-state index contributed by atoms with van der Waals surface area (Å²) in [6.45, 7) is 2.88. The van der Waals surface area contributed by atoms with Crippen molar-refractivity contribution >= 4 is 11.7 Å². The zero-order valence-corrected chi connectivity index (χ0v) is 10.9. The number of morpholine rings is 1. The van der Waals surface area contributed by atoms with E-state index in [-0.39, 0.29) is 18.3 Å². The average molecular weight is 267 g/mol. The van der Waals surface area contributed by atoms with Gasteiger partial charge < -0.3 is 20.6 Å². The van der Waals surface area contributed by atoms with E-state index >= 15 is 0 Å². The van der Waals surface area contributed by atoms with E-state index < -0.39 is 6.10 Å². The van der Waals surface area contributed by atoms with Gasteiger partial charge in [-0.2, -0.15) is 5.10 Å². The highest BCUT2D eigenvalue weighted by molar-refractivity contribution is 5.95. The molecule has 1 saturated heterocycles. The number of rotatable bonds is 2. The molecule has 0 spiro atoms. The van der Waals surface area contributed by atoms with Crippen molar-refractivity contribution in [2.45, 2.75) is 13.0 Å². The highest BCUT2D eigenvalue weighted by atomic mass is 16.5. The molecule has 104 valence electrons. The second-order valence-corrected chi connectivity index (χ2v) is 4.44. The van der Waals surface area contributed by atoms with Crippen LogP contribution in [0.25, 0.3) is 0 Å². The van der Waals surface area contributed by atoms with E-state index in [1.165, 1.54) is 0 Å². The number of amides is 1. The lowest BCUT2D eigenvalue weighted by molar-refractivity contribution is 0.00672. The Hall–Kier alpha value is -2.09. The molecular weight excluding hydrogens is 250 g/mol. The summed E-state index contributed by atoms with van der Waals surface area (Å²) in [4.78, 5) is 14.0. The third-order valence-corrected chi connectivity index (χ3v) is 3.04. The number of nitrogens with zero attached hydrogens (tertiary/aromatic N) is 4. The van der Waals surface area contributed by atoms with Gasteiger partial charge in [-0.05, 0) is 6.92 Å². The highest BCUT2D eigenvalue weighted by Crippen LogP contribution is 2.13. The van der Waals surface area contributed by atoms with Crippen LogP contribution in [0.5, 0.6) is 0 Å². The van der Waals surface area contributed by atoms with Crippen LogP contribution in [0.15, 0.2) is 11.4 Å². The Bertz CT molecular complexity index is 510. The molecule has 0 aromatic carbocycles. The molecule has 2 rings (SSSR count). The first-order valence-corrected chi connectivity index (χ1v) is 5.91. The van der Waals surface area contributed by atoms with Gasteiger partial charge in [-0.1, -0.05) is 5.16 Å². The van der Waals surface area contributed by atoms with Crippen molar-refractivity contribution in [3.05, 3.63) is 17.5 Å². The molecular formula is C11H17N5O3. The predicted molar refractivity (Wildman–Crippen MR) is 67.0 cm³/mol.